The van der Waals surface area contributed by atoms with Gasteiger partial charge in [0, 0.05) is 18.8 Å². The maximum absolute atomic E-state index is 9.29. The number of hydrogen-bond donors (Lipinski definition) is 3. The summed E-state index contributed by atoms with van der Waals surface area (Å²) >= 11 is 0. The van der Waals surface area contributed by atoms with Crippen molar-refractivity contribution in [3.8, 4) is 0 Å². The van der Waals surface area contributed by atoms with Crippen LogP contribution in [0.5, 0.6) is 0 Å². The number of nitrogens with one attached hydrogen (secondary N) is 1. The Balaban J connectivity index is 0.00000220. The van der Waals surface area contributed by atoms with Crippen molar-refractivity contribution < 1.29 is 5.11 Å². The Morgan fingerprint density at radius 2 is 1.86 bits per heavy atom. The van der Waals surface area contributed by atoms with E-state index in [2.05, 4.69) is 10.3 Å². The molecule has 4 nitrogen and oxygen atoms in total. The Hall–Kier alpha value is -0.820. The Bertz CT molecular complexity index is 425. The summed E-state index contributed by atoms with van der Waals surface area (Å²) < 4.78 is 0. The summed E-state index contributed by atoms with van der Waals surface area (Å²) in [5.74, 6) is 0.457. The fourth-order valence-corrected chi connectivity index (χ4v) is 2.99. The molecule has 0 radical (unpaired) electrons. The number of nitrogens with zero attached hydrogens (tertiary/aromatic N) is 1. The first-order valence-electron chi connectivity index (χ1n) is 7.47. The summed E-state index contributed by atoms with van der Waals surface area (Å²) in [5, 5.41) is 12.4. The van der Waals surface area contributed by atoms with Crippen molar-refractivity contribution in [3.05, 3.63) is 30.3 Å². The van der Waals surface area contributed by atoms with E-state index in [0.29, 0.717) is 12.5 Å². The van der Waals surface area contributed by atoms with E-state index in [1.165, 1.54) is 19.3 Å². The SMILES string of the molecule is I.NC(=NCC1(CCO)CCCCC1)Nc1ccccc1. The second-order valence-corrected chi connectivity index (χ2v) is 5.73. The largest absolute Gasteiger partial charge is 0.396 e. The van der Waals surface area contributed by atoms with Gasteiger partial charge in [0.15, 0.2) is 5.96 Å². The van der Waals surface area contributed by atoms with Gasteiger partial charge in [-0.1, -0.05) is 37.5 Å². The Morgan fingerprint density at radius 1 is 1.19 bits per heavy atom. The van der Waals surface area contributed by atoms with Crippen molar-refractivity contribution in [2.75, 3.05) is 18.5 Å². The lowest BCUT2D eigenvalue weighted by atomic mass is 9.72. The van der Waals surface area contributed by atoms with Gasteiger partial charge < -0.3 is 16.2 Å². The van der Waals surface area contributed by atoms with Gasteiger partial charge in [0.25, 0.3) is 0 Å². The lowest BCUT2D eigenvalue weighted by Gasteiger charge is -2.35. The van der Waals surface area contributed by atoms with E-state index in [9.17, 15) is 5.11 Å². The van der Waals surface area contributed by atoms with E-state index in [1.54, 1.807) is 0 Å². The number of aliphatic hydroxyl groups excluding tert-OH is 1. The molecule has 1 saturated carbocycles. The maximum atomic E-state index is 9.29. The van der Waals surface area contributed by atoms with Crippen LogP contribution in [0.3, 0.4) is 0 Å². The summed E-state index contributed by atoms with van der Waals surface area (Å²) in [7, 11) is 0. The first-order chi connectivity index (χ1) is 9.74. The predicted octanol–water partition coefficient (Wildman–Crippen LogP) is 3.36. The van der Waals surface area contributed by atoms with Gasteiger partial charge in [-0.25, -0.2) is 0 Å². The number of aliphatic hydroxyl groups is 1. The predicted molar refractivity (Wildman–Crippen MR) is 99.2 cm³/mol. The molecule has 1 aliphatic rings. The fourth-order valence-electron chi connectivity index (χ4n) is 2.99. The van der Waals surface area contributed by atoms with Crippen molar-refractivity contribution in [2.45, 2.75) is 38.5 Å². The van der Waals surface area contributed by atoms with Gasteiger partial charge in [-0.05, 0) is 36.8 Å². The van der Waals surface area contributed by atoms with Gasteiger partial charge >= 0.3 is 0 Å². The molecule has 0 aromatic heterocycles. The molecule has 0 heterocycles. The van der Waals surface area contributed by atoms with Gasteiger partial charge in [-0.2, -0.15) is 0 Å². The highest BCUT2D eigenvalue weighted by Crippen LogP contribution is 2.39. The zero-order valence-corrected chi connectivity index (χ0v) is 14.8. The van der Waals surface area contributed by atoms with E-state index in [4.69, 9.17) is 5.73 Å². The zero-order chi connectivity index (χ0) is 14.3. The molecule has 0 amide bonds. The summed E-state index contributed by atoms with van der Waals surface area (Å²) in [5.41, 5.74) is 7.06. The number of halogens is 1. The molecule has 0 unspecified atom stereocenters. The molecule has 0 bridgehead atoms. The molecule has 21 heavy (non-hydrogen) atoms. The van der Waals surface area contributed by atoms with Gasteiger partial charge in [0.2, 0.25) is 0 Å². The van der Waals surface area contributed by atoms with Gasteiger partial charge in [-0.3, -0.25) is 4.99 Å². The highest BCUT2D eigenvalue weighted by atomic mass is 127. The van der Waals surface area contributed by atoms with Crippen LogP contribution in [0, 0.1) is 5.41 Å². The lowest BCUT2D eigenvalue weighted by Crippen LogP contribution is -2.31. The summed E-state index contributed by atoms with van der Waals surface area (Å²) in [6.45, 7) is 0.945. The Morgan fingerprint density at radius 3 is 2.48 bits per heavy atom. The van der Waals surface area contributed by atoms with Crippen molar-refractivity contribution in [1.29, 1.82) is 0 Å². The molecule has 4 N–H and O–H groups in total. The second kappa shape index (κ2) is 9.25. The van der Waals surface area contributed by atoms with Crippen LogP contribution in [0.25, 0.3) is 0 Å². The number of hydrogen-bond acceptors (Lipinski definition) is 2. The number of nitrogens with two attached hydrogens (primary N) is 1. The summed E-state index contributed by atoms with van der Waals surface area (Å²) in [4.78, 5) is 4.51. The lowest BCUT2D eigenvalue weighted by molar-refractivity contribution is 0.137. The molecular weight excluding hydrogens is 377 g/mol. The van der Waals surface area contributed by atoms with Crippen LogP contribution in [0.15, 0.2) is 35.3 Å². The van der Waals surface area contributed by atoms with Crippen molar-refractivity contribution in [3.63, 3.8) is 0 Å². The van der Waals surface area contributed by atoms with Gasteiger partial charge in [0.1, 0.15) is 0 Å². The van der Waals surface area contributed by atoms with Crippen LogP contribution in [0.1, 0.15) is 38.5 Å². The summed E-state index contributed by atoms with van der Waals surface area (Å²) in [6, 6.07) is 9.82. The highest BCUT2D eigenvalue weighted by molar-refractivity contribution is 14.0. The molecule has 0 atom stereocenters. The fraction of sp³-hybridized carbons (Fsp3) is 0.562. The highest BCUT2D eigenvalue weighted by Gasteiger charge is 2.31. The van der Waals surface area contributed by atoms with Crippen LogP contribution in [-0.2, 0) is 0 Å². The monoisotopic (exact) mass is 403 g/mol. The van der Waals surface area contributed by atoms with Crippen LogP contribution < -0.4 is 11.1 Å². The molecule has 1 aromatic rings. The molecule has 1 aliphatic carbocycles. The Labute approximate surface area is 144 Å². The molecule has 1 fully saturated rings. The molecule has 1 aromatic carbocycles. The van der Waals surface area contributed by atoms with E-state index in [0.717, 1.165) is 24.9 Å². The van der Waals surface area contributed by atoms with Crippen LogP contribution in [0.4, 0.5) is 5.69 Å². The third-order valence-electron chi connectivity index (χ3n) is 4.19. The zero-order valence-electron chi connectivity index (χ0n) is 12.4. The quantitative estimate of drug-likeness (QED) is 0.401. The maximum Gasteiger partial charge on any atom is 0.193 e. The number of anilines is 1. The average molecular weight is 403 g/mol. The van der Waals surface area contributed by atoms with Gasteiger partial charge in [-0.15, -0.1) is 24.0 Å². The Kier molecular flexibility index (Phi) is 8.03. The first-order valence-corrected chi connectivity index (χ1v) is 7.47. The number of guanidine groups is 1. The van der Waals surface area contributed by atoms with E-state index < -0.39 is 0 Å². The second-order valence-electron chi connectivity index (χ2n) is 5.73. The van der Waals surface area contributed by atoms with Crippen LogP contribution in [-0.4, -0.2) is 24.2 Å². The molecule has 118 valence electrons. The van der Waals surface area contributed by atoms with E-state index >= 15 is 0 Å². The molecular formula is C16H26IN3O. The summed E-state index contributed by atoms with van der Waals surface area (Å²) in [6.07, 6.45) is 6.90. The smallest absolute Gasteiger partial charge is 0.193 e. The van der Waals surface area contributed by atoms with E-state index in [1.807, 2.05) is 30.3 Å². The molecule has 0 spiro atoms. The third-order valence-corrected chi connectivity index (χ3v) is 4.19. The minimum atomic E-state index is 0. The topological polar surface area (TPSA) is 70.6 Å². The normalized spacial score (nSPS) is 17.9. The molecule has 0 saturated heterocycles. The number of para-hydroxylation sites is 1. The van der Waals surface area contributed by atoms with E-state index in [-0.39, 0.29) is 36.0 Å². The standard InChI is InChI=1S/C16H25N3O.HI/c17-15(19-14-7-3-1-4-8-14)18-13-16(11-12-20)9-5-2-6-10-16;/h1,3-4,7-8,20H,2,5-6,9-13H2,(H3,17,18,19);1H. The molecule has 2 rings (SSSR count). The molecule has 0 aliphatic heterocycles. The number of aliphatic imine (C=N–C) groups is 1. The first kappa shape index (κ1) is 18.2. The third kappa shape index (κ3) is 5.82. The van der Waals surface area contributed by atoms with Gasteiger partial charge in [0.05, 0.1) is 0 Å². The van der Waals surface area contributed by atoms with Crippen molar-refractivity contribution in [1.82, 2.24) is 0 Å². The van der Waals surface area contributed by atoms with Crippen molar-refractivity contribution in [2.24, 2.45) is 16.1 Å². The minimum Gasteiger partial charge on any atom is -0.396 e. The van der Waals surface area contributed by atoms with Crippen LogP contribution >= 0.6 is 24.0 Å². The van der Waals surface area contributed by atoms with Crippen LogP contribution in [0.2, 0.25) is 0 Å². The number of rotatable bonds is 5. The number of benzene rings is 1. The minimum absolute atomic E-state index is 0. The molecule has 5 heteroatoms. The average Bonchev–Trinajstić information content (AvgIpc) is 2.48. The van der Waals surface area contributed by atoms with Crippen molar-refractivity contribution >= 4 is 35.6 Å².